The molecule has 0 atom stereocenters. The van der Waals surface area contributed by atoms with Gasteiger partial charge in [0, 0.05) is 5.57 Å². The highest BCUT2D eigenvalue weighted by Crippen LogP contribution is 2.40. The summed E-state index contributed by atoms with van der Waals surface area (Å²) >= 11 is 0. The molecular formula is C20H17FN2O6S. The van der Waals surface area contributed by atoms with Gasteiger partial charge in [-0.3, -0.25) is 19.3 Å². The largest absolute Gasteiger partial charge is 0.468 e. The summed E-state index contributed by atoms with van der Waals surface area (Å²) in [6.45, 7) is 0. The van der Waals surface area contributed by atoms with Crippen molar-refractivity contribution in [3.05, 3.63) is 78.0 Å². The number of ether oxygens (including phenoxy) is 2. The van der Waals surface area contributed by atoms with Crippen molar-refractivity contribution in [1.82, 2.24) is 9.71 Å². The van der Waals surface area contributed by atoms with Crippen LogP contribution in [0.4, 0.5) is 4.39 Å². The molecule has 0 unspecified atom stereocenters. The third kappa shape index (κ3) is 3.81. The van der Waals surface area contributed by atoms with Crippen molar-refractivity contribution in [2.45, 2.75) is 4.90 Å². The lowest BCUT2D eigenvalue weighted by molar-refractivity contribution is -0.161. The van der Waals surface area contributed by atoms with Gasteiger partial charge in [0.25, 0.3) is 10.0 Å². The lowest BCUT2D eigenvalue weighted by Crippen LogP contribution is -2.37. The smallest absolute Gasteiger partial charge is 0.331 e. The molecule has 0 amide bonds. The van der Waals surface area contributed by atoms with Gasteiger partial charge in [0.2, 0.25) is 5.41 Å². The number of nitrogens with zero attached hydrogens (tertiary/aromatic N) is 1. The zero-order valence-corrected chi connectivity index (χ0v) is 16.8. The van der Waals surface area contributed by atoms with Crippen molar-refractivity contribution >= 4 is 27.5 Å². The second kappa shape index (κ2) is 8.07. The molecule has 0 spiro atoms. The Hall–Kier alpha value is -3.53. The highest BCUT2D eigenvalue weighted by molar-refractivity contribution is 7.89. The van der Waals surface area contributed by atoms with Crippen LogP contribution in [0.25, 0.3) is 5.57 Å². The number of methoxy groups -OCH3 is 2. The van der Waals surface area contributed by atoms with Crippen molar-refractivity contribution < 1.29 is 31.9 Å². The van der Waals surface area contributed by atoms with Crippen molar-refractivity contribution in [3.8, 4) is 0 Å². The number of hydrogen-bond donors (Lipinski definition) is 1. The van der Waals surface area contributed by atoms with Gasteiger partial charge in [0.05, 0.1) is 36.7 Å². The van der Waals surface area contributed by atoms with Crippen molar-refractivity contribution in [2.24, 2.45) is 5.41 Å². The minimum absolute atomic E-state index is 0.0362. The molecule has 3 rings (SSSR count). The summed E-state index contributed by atoms with van der Waals surface area (Å²) in [7, 11) is -1.91. The van der Waals surface area contributed by atoms with E-state index in [4.69, 9.17) is 9.47 Å². The number of carbonyl (C=O) groups excluding carboxylic acids is 2. The fourth-order valence-corrected chi connectivity index (χ4v) is 4.04. The summed E-state index contributed by atoms with van der Waals surface area (Å²) in [5, 5.41) is 0. The molecule has 0 bridgehead atoms. The molecule has 1 heterocycles. The first-order valence-corrected chi connectivity index (χ1v) is 10.0. The Morgan fingerprint density at radius 3 is 2.17 bits per heavy atom. The van der Waals surface area contributed by atoms with Crippen LogP contribution in [0.2, 0.25) is 0 Å². The Balaban J connectivity index is 2.16. The normalized spacial score (nSPS) is 15.0. The molecule has 0 fully saturated rings. The number of carbonyl (C=O) groups is 2. The first-order valence-electron chi connectivity index (χ1n) is 8.56. The number of sulfonamides is 1. The standard InChI is InChI=1S/C20H17FN2O6S/c1-28-18(24)20(19(25)29-2)10-15(16-9-8-13(21)12-22-16)17(11-20)23-30(26,27)14-6-4-3-5-7-14/h3-12,23H,1-2H3. The molecule has 0 radical (unpaired) electrons. The average Bonchev–Trinajstić information content (AvgIpc) is 3.13. The number of hydrogen-bond acceptors (Lipinski definition) is 7. The minimum atomic E-state index is -4.07. The first kappa shape index (κ1) is 21.2. The zero-order valence-electron chi connectivity index (χ0n) is 16.0. The zero-order chi connectivity index (χ0) is 21.9. The summed E-state index contributed by atoms with van der Waals surface area (Å²) in [6, 6.07) is 9.91. The summed E-state index contributed by atoms with van der Waals surface area (Å²) in [6.07, 6.45) is 3.19. The van der Waals surface area contributed by atoms with Crippen LogP contribution in [-0.4, -0.2) is 39.6 Å². The third-order valence-corrected chi connectivity index (χ3v) is 5.76. The summed E-state index contributed by atoms with van der Waals surface area (Å²) in [5.74, 6) is -2.58. The third-order valence-electron chi connectivity index (χ3n) is 4.38. The van der Waals surface area contributed by atoms with Gasteiger partial charge >= 0.3 is 11.9 Å². The van der Waals surface area contributed by atoms with E-state index >= 15 is 0 Å². The molecule has 0 saturated heterocycles. The molecule has 10 heteroatoms. The van der Waals surface area contributed by atoms with Gasteiger partial charge in [-0.15, -0.1) is 0 Å². The van der Waals surface area contributed by atoms with E-state index < -0.39 is 33.2 Å². The van der Waals surface area contributed by atoms with E-state index in [0.717, 1.165) is 32.6 Å². The summed E-state index contributed by atoms with van der Waals surface area (Å²) in [5.41, 5.74) is -1.92. The average molecular weight is 432 g/mol. The van der Waals surface area contributed by atoms with E-state index in [0.29, 0.717) is 0 Å². The number of aromatic nitrogens is 1. The van der Waals surface area contributed by atoms with Crippen LogP contribution < -0.4 is 4.72 Å². The van der Waals surface area contributed by atoms with E-state index in [2.05, 4.69) is 9.71 Å². The van der Waals surface area contributed by atoms with Gasteiger partial charge in [0.15, 0.2) is 0 Å². The quantitative estimate of drug-likeness (QED) is 0.547. The Kier molecular flexibility index (Phi) is 5.70. The highest BCUT2D eigenvalue weighted by atomic mass is 32.2. The predicted molar refractivity (Wildman–Crippen MR) is 103 cm³/mol. The van der Waals surface area contributed by atoms with Crippen LogP contribution in [0.3, 0.4) is 0 Å². The van der Waals surface area contributed by atoms with Crippen LogP contribution in [0.5, 0.6) is 0 Å². The molecule has 30 heavy (non-hydrogen) atoms. The lowest BCUT2D eigenvalue weighted by atomic mass is 9.90. The van der Waals surface area contributed by atoms with Gasteiger partial charge < -0.3 is 9.47 Å². The van der Waals surface area contributed by atoms with E-state index in [9.17, 15) is 22.4 Å². The van der Waals surface area contributed by atoms with Crippen molar-refractivity contribution in [1.29, 1.82) is 0 Å². The van der Waals surface area contributed by atoms with E-state index in [-0.39, 0.29) is 21.9 Å². The molecule has 1 N–H and O–H groups in total. The van der Waals surface area contributed by atoms with Gasteiger partial charge in [-0.2, -0.15) is 0 Å². The molecule has 1 aromatic carbocycles. The van der Waals surface area contributed by atoms with Crippen molar-refractivity contribution in [3.63, 3.8) is 0 Å². The maximum Gasteiger partial charge on any atom is 0.331 e. The molecule has 0 aliphatic heterocycles. The maximum atomic E-state index is 13.3. The fraction of sp³-hybridized carbons (Fsp3) is 0.150. The van der Waals surface area contributed by atoms with Crippen LogP contribution in [-0.2, 0) is 29.1 Å². The first-order chi connectivity index (χ1) is 14.2. The van der Waals surface area contributed by atoms with E-state index in [1.165, 1.54) is 24.3 Å². The molecule has 156 valence electrons. The topological polar surface area (TPSA) is 112 Å². The summed E-state index contributed by atoms with van der Waals surface area (Å²) in [4.78, 5) is 28.8. The second-order valence-electron chi connectivity index (χ2n) is 6.25. The number of benzene rings is 1. The van der Waals surface area contributed by atoms with Crippen LogP contribution in [0.15, 0.2) is 71.4 Å². The molecule has 0 saturated carbocycles. The number of allylic oxidation sites excluding steroid dienone is 1. The monoisotopic (exact) mass is 432 g/mol. The Morgan fingerprint density at radius 2 is 1.63 bits per heavy atom. The number of nitrogens with one attached hydrogen (secondary N) is 1. The van der Waals surface area contributed by atoms with Gasteiger partial charge in [0.1, 0.15) is 5.82 Å². The number of rotatable bonds is 6. The number of pyridine rings is 1. The SMILES string of the molecule is COC(=O)C1(C(=O)OC)C=C(NS(=O)(=O)c2ccccc2)C(c2ccc(F)cn2)=C1. The van der Waals surface area contributed by atoms with Gasteiger partial charge in [-0.25, -0.2) is 12.8 Å². The Labute approximate surface area is 172 Å². The van der Waals surface area contributed by atoms with E-state index in [1.807, 2.05) is 0 Å². The second-order valence-corrected chi connectivity index (χ2v) is 7.93. The summed E-state index contributed by atoms with van der Waals surface area (Å²) < 4.78 is 50.8. The maximum absolute atomic E-state index is 13.3. The van der Waals surface area contributed by atoms with Gasteiger partial charge in [-0.05, 0) is 36.4 Å². The van der Waals surface area contributed by atoms with Crippen LogP contribution in [0, 0.1) is 11.2 Å². The number of esters is 2. The molecule has 2 aromatic rings. The Bertz CT molecular complexity index is 1130. The molecule has 1 aromatic heterocycles. The van der Waals surface area contributed by atoms with Gasteiger partial charge in [-0.1, -0.05) is 18.2 Å². The lowest BCUT2D eigenvalue weighted by Gasteiger charge is -2.18. The molecule has 1 aliphatic rings. The molecule has 1 aliphatic carbocycles. The van der Waals surface area contributed by atoms with E-state index in [1.54, 1.807) is 18.2 Å². The highest BCUT2D eigenvalue weighted by Gasteiger charge is 2.49. The predicted octanol–water partition coefficient (Wildman–Crippen LogP) is 1.81. The van der Waals surface area contributed by atoms with Crippen LogP contribution in [0.1, 0.15) is 5.69 Å². The Morgan fingerprint density at radius 1 is 1.00 bits per heavy atom. The molecular weight excluding hydrogens is 415 g/mol. The minimum Gasteiger partial charge on any atom is -0.468 e. The fourth-order valence-electron chi connectivity index (χ4n) is 2.94. The van der Waals surface area contributed by atoms with Crippen LogP contribution >= 0.6 is 0 Å². The van der Waals surface area contributed by atoms with Crippen molar-refractivity contribution in [2.75, 3.05) is 14.2 Å². The molecule has 8 nitrogen and oxygen atoms in total. The number of halogens is 1.